The number of halogens is 1. The summed E-state index contributed by atoms with van der Waals surface area (Å²) in [5.41, 5.74) is 6.14. The van der Waals surface area contributed by atoms with Crippen LogP contribution in [0.2, 0.25) is 0 Å². The molecule has 0 fully saturated rings. The van der Waals surface area contributed by atoms with Crippen LogP contribution in [0.15, 0.2) is 42.6 Å². The maximum Gasteiger partial charge on any atom is 0.316 e. The number of benzene rings is 1. The van der Waals surface area contributed by atoms with E-state index in [1.807, 2.05) is 0 Å². The number of primary amides is 1. The number of urea groups is 1. The van der Waals surface area contributed by atoms with E-state index in [-0.39, 0.29) is 5.56 Å². The van der Waals surface area contributed by atoms with Gasteiger partial charge in [-0.1, -0.05) is 6.07 Å². The summed E-state index contributed by atoms with van der Waals surface area (Å²) >= 11 is 0. The van der Waals surface area contributed by atoms with Gasteiger partial charge in [-0.25, -0.2) is 9.78 Å². The number of hydrogen-bond donors (Lipinski definition) is 3. The monoisotopic (exact) mass is 274 g/mol. The van der Waals surface area contributed by atoms with Gasteiger partial charge in [0.1, 0.15) is 0 Å². The molecule has 4 N–H and O–H groups in total. The fourth-order valence-electron chi connectivity index (χ4n) is 1.53. The first-order valence-electron chi connectivity index (χ1n) is 5.64. The normalized spacial score (nSPS) is 9.85. The predicted molar refractivity (Wildman–Crippen MR) is 71.8 cm³/mol. The fourth-order valence-corrected chi connectivity index (χ4v) is 1.53. The first-order valence-corrected chi connectivity index (χ1v) is 5.64. The quantitative estimate of drug-likeness (QED) is 0.746. The van der Waals surface area contributed by atoms with Crippen LogP contribution in [0.1, 0.15) is 10.4 Å². The van der Waals surface area contributed by atoms with Gasteiger partial charge in [0.25, 0.3) is 5.91 Å². The molecular formula is C13H11FN4O2. The number of anilines is 2. The van der Waals surface area contributed by atoms with E-state index in [9.17, 15) is 14.0 Å². The maximum atomic E-state index is 12.7. The molecule has 1 aromatic carbocycles. The van der Waals surface area contributed by atoms with Gasteiger partial charge in [-0.2, -0.15) is 4.39 Å². The Labute approximate surface area is 113 Å². The van der Waals surface area contributed by atoms with E-state index in [0.29, 0.717) is 11.4 Å². The first kappa shape index (κ1) is 13.5. The molecule has 0 bridgehead atoms. The van der Waals surface area contributed by atoms with Gasteiger partial charge in [-0.3, -0.25) is 4.79 Å². The molecule has 6 nitrogen and oxygen atoms in total. The van der Waals surface area contributed by atoms with Crippen LogP contribution in [0.5, 0.6) is 0 Å². The van der Waals surface area contributed by atoms with E-state index in [2.05, 4.69) is 15.6 Å². The minimum absolute atomic E-state index is 0.222. The van der Waals surface area contributed by atoms with E-state index in [0.717, 1.165) is 12.3 Å². The lowest BCUT2D eigenvalue weighted by atomic mass is 10.2. The highest BCUT2D eigenvalue weighted by Gasteiger charge is 2.07. The molecule has 102 valence electrons. The zero-order chi connectivity index (χ0) is 14.5. The molecule has 1 heterocycles. The molecule has 0 aliphatic heterocycles. The molecule has 7 heteroatoms. The Bertz CT molecular complexity index is 643. The average molecular weight is 274 g/mol. The van der Waals surface area contributed by atoms with Crippen LogP contribution in [0.3, 0.4) is 0 Å². The zero-order valence-corrected chi connectivity index (χ0v) is 10.3. The van der Waals surface area contributed by atoms with Gasteiger partial charge in [-0.15, -0.1) is 0 Å². The van der Waals surface area contributed by atoms with Crippen molar-refractivity contribution in [2.24, 2.45) is 5.73 Å². The molecule has 1 aromatic heterocycles. The van der Waals surface area contributed by atoms with Gasteiger partial charge in [-0.05, 0) is 30.3 Å². The van der Waals surface area contributed by atoms with E-state index in [4.69, 9.17) is 5.73 Å². The van der Waals surface area contributed by atoms with Crippen molar-refractivity contribution in [1.82, 2.24) is 4.98 Å². The minimum Gasteiger partial charge on any atom is -0.351 e. The topological polar surface area (TPSA) is 97.1 Å². The first-order chi connectivity index (χ1) is 9.54. The van der Waals surface area contributed by atoms with Crippen molar-refractivity contribution >= 4 is 23.3 Å². The van der Waals surface area contributed by atoms with Crippen LogP contribution in [-0.4, -0.2) is 16.9 Å². The highest BCUT2D eigenvalue weighted by Crippen LogP contribution is 2.15. The summed E-state index contributed by atoms with van der Waals surface area (Å²) in [7, 11) is 0. The van der Waals surface area contributed by atoms with Crippen LogP contribution >= 0.6 is 0 Å². The van der Waals surface area contributed by atoms with Crippen molar-refractivity contribution in [2.45, 2.75) is 0 Å². The molecule has 20 heavy (non-hydrogen) atoms. The molecule has 2 aromatic rings. The molecule has 2 rings (SSSR count). The second-order valence-electron chi connectivity index (χ2n) is 3.89. The molecule has 0 atom stereocenters. The third-order valence-electron chi connectivity index (χ3n) is 2.38. The molecule has 0 spiro atoms. The van der Waals surface area contributed by atoms with Gasteiger partial charge >= 0.3 is 6.03 Å². The van der Waals surface area contributed by atoms with Gasteiger partial charge < -0.3 is 16.4 Å². The highest BCUT2D eigenvalue weighted by molar-refractivity contribution is 6.04. The van der Waals surface area contributed by atoms with Crippen LogP contribution in [0.4, 0.5) is 20.6 Å². The summed E-state index contributed by atoms with van der Waals surface area (Å²) in [6, 6.07) is 8.17. The third-order valence-corrected chi connectivity index (χ3v) is 2.38. The molecule has 0 radical (unpaired) electrons. The number of pyridine rings is 1. The molecule has 0 aliphatic rings. The largest absolute Gasteiger partial charge is 0.351 e. The number of rotatable bonds is 3. The van der Waals surface area contributed by atoms with Gasteiger partial charge in [0, 0.05) is 17.6 Å². The SMILES string of the molecule is NC(=O)Nc1cccc(NC(=O)c2ccc(F)nc2)c1. The Morgan fingerprint density at radius 1 is 1.10 bits per heavy atom. The Hall–Kier alpha value is -2.96. The van der Waals surface area contributed by atoms with Gasteiger partial charge in [0.15, 0.2) is 0 Å². The smallest absolute Gasteiger partial charge is 0.316 e. The van der Waals surface area contributed by atoms with E-state index >= 15 is 0 Å². The third kappa shape index (κ3) is 3.52. The number of nitrogens with two attached hydrogens (primary N) is 1. The van der Waals surface area contributed by atoms with Crippen LogP contribution in [0, 0.1) is 5.95 Å². The van der Waals surface area contributed by atoms with E-state index in [1.54, 1.807) is 24.3 Å². The van der Waals surface area contributed by atoms with Crippen molar-refractivity contribution < 1.29 is 14.0 Å². The molecule has 0 saturated heterocycles. The zero-order valence-electron chi connectivity index (χ0n) is 10.3. The second-order valence-corrected chi connectivity index (χ2v) is 3.89. The summed E-state index contributed by atoms with van der Waals surface area (Å²) in [4.78, 5) is 26.0. The fraction of sp³-hybridized carbons (Fsp3) is 0. The Kier molecular flexibility index (Phi) is 3.90. The number of amides is 3. The summed E-state index contributed by atoms with van der Waals surface area (Å²) in [6.45, 7) is 0. The minimum atomic E-state index is -0.698. The average Bonchev–Trinajstić information content (AvgIpc) is 2.39. The number of hydrogen-bond acceptors (Lipinski definition) is 3. The van der Waals surface area contributed by atoms with Crippen molar-refractivity contribution in [2.75, 3.05) is 10.6 Å². The molecule has 0 unspecified atom stereocenters. The van der Waals surface area contributed by atoms with E-state index < -0.39 is 17.9 Å². The van der Waals surface area contributed by atoms with Crippen molar-refractivity contribution in [3.8, 4) is 0 Å². The lowest BCUT2D eigenvalue weighted by Gasteiger charge is -2.07. The van der Waals surface area contributed by atoms with Crippen molar-refractivity contribution in [1.29, 1.82) is 0 Å². The second kappa shape index (κ2) is 5.79. The molecule has 3 amide bonds. The Morgan fingerprint density at radius 2 is 1.80 bits per heavy atom. The Morgan fingerprint density at radius 3 is 2.40 bits per heavy atom. The predicted octanol–water partition coefficient (Wildman–Crippen LogP) is 1.96. The number of aromatic nitrogens is 1. The summed E-state index contributed by atoms with van der Waals surface area (Å²) in [5.74, 6) is -1.09. The van der Waals surface area contributed by atoms with Crippen LogP contribution in [-0.2, 0) is 0 Å². The highest BCUT2D eigenvalue weighted by atomic mass is 19.1. The van der Waals surface area contributed by atoms with E-state index in [1.165, 1.54) is 6.07 Å². The lowest BCUT2D eigenvalue weighted by molar-refractivity contribution is 0.102. The standard InChI is InChI=1S/C13H11FN4O2/c14-11-5-4-8(7-16-11)12(19)17-9-2-1-3-10(6-9)18-13(15)20/h1-7H,(H,17,19)(H3,15,18,20). The van der Waals surface area contributed by atoms with Gasteiger partial charge in [0.2, 0.25) is 5.95 Å². The molecular weight excluding hydrogens is 263 g/mol. The van der Waals surface area contributed by atoms with Crippen LogP contribution in [0.25, 0.3) is 0 Å². The summed E-state index contributed by atoms with van der Waals surface area (Å²) < 4.78 is 12.7. The number of nitrogens with zero attached hydrogens (tertiary/aromatic N) is 1. The molecule has 0 saturated carbocycles. The number of carbonyl (C=O) groups excluding carboxylic acids is 2. The maximum absolute atomic E-state index is 12.7. The Balaban J connectivity index is 2.11. The summed E-state index contributed by atoms with van der Waals surface area (Å²) in [6.07, 6.45) is 1.14. The van der Waals surface area contributed by atoms with Gasteiger partial charge in [0.05, 0.1) is 5.56 Å². The van der Waals surface area contributed by atoms with Crippen LogP contribution < -0.4 is 16.4 Å². The number of carbonyl (C=O) groups is 2. The van der Waals surface area contributed by atoms with Crippen molar-refractivity contribution in [3.05, 3.63) is 54.1 Å². The van der Waals surface area contributed by atoms with Crippen molar-refractivity contribution in [3.63, 3.8) is 0 Å². The number of nitrogens with one attached hydrogen (secondary N) is 2. The molecule has 0 aliphatic carbocycles. The lowest BCUT2D eigenvalue weighted by Crippen LogP contribution is -2.19. The summed E-state index contributed by atoms with van der Waals surface area (Å²) in [5, 5.41) is 4.99.